The van der Waals surface area contributed by atoms with Gasteiger partial charge in [0, 0.05) is 63.9 Å². The standard InChI is InChI=1S/C29H30Cl2N4O2S/c1-38(37)24-8-9-26-25(18-24)29(20-35(26)28(36)33-19-22-10-13-32-27(31)17-22)11-15-34(16-12-29)14-2-3-21-4-6-23(30)7-5-21/h2-10,13,17-18H,11-12,14-16,19-20H2,1H3,(H,33,36)/b3-2+. The fourth-order valence-corrected chi connectivity index (χ4v) is 6.20. The van der Waals surface area contributed by atoms with Crippen LogP contribution in [0, 0.1) is 0 Å². The Hall–Kier alpha value is -2.71. The summed E-state index contributed by atoms with van der Waals surface area (Å²) in [5.74, 6) is 0. The quantitative estimate of drug-likeness (QED) is 0.376. The van der Waals surface area contributed by atoms with Gasteiger partial charge in [-0.2, -0.15) is 0 Å². The summed E-state index contributed by atoms with van der Waals surface area (Å²) in [5, 5.41) is 4.17. The molecule has 3 heterocycles. The number of hydrogen-bond acceptors (Lipinski definition) is 4. The molecule has 3 aromatic rings. The number of nitrogens with one attached hydrogen (secondary N) is 1. The minimum Gasteiger partial charge on any atom is -0.334 e. The fourth-order valence-electron chi connectivity index (χ4n) is 5.34. The molecule has 2 aromatic carbocycles. The van der Waals surface area contributed by atoms with Gasteiger partial charge in [-0.15, -0.1) is 0 Å². The maximum atomic E-state index is 13.4. The molecular formula is C29H30Cl2N4O2S. The number of nitrogens with zero attached hydrogens (tertiary/aromatic N) is 3. The summed E-state index contributed by atoms with van der Waals surface area (Å²) >= 11 is 12.0. The van der Waals surface area contributed by atoms with Gasteiger partial charge in [0.05, 0.1) is 0 Å². The van der Waals surface area contributed by atoms with Crippen LogP contribution in [-0.2, 0) is 22.8 Å². The van der Waals surface area contributed by atoms with Crippen molar-refractivity contribution in [2.24, 2.45) is 0 Å². The van der Waals surface area contributed by atoms with Gasteiger partial charge in [-0.05, 0) is 85.1 Å². The van der Waals surface area contributed by atoms with Gasteiger partial charge in [0.2, 0.25) is 0 Å². The first kappa shape index (κ1) is 26.9. The molecule has 6 nitrogen and oxygen atoms in total. The van der Waals surface area contributed by atoms with Crippen molar-refractivity contribution in [1.82, 2.24) is 15.2 Å². The molecule has 1 unspecified atom stereocenters. The Morgan fingerprint density at radius 3 is 2.58 bits per heavy atom. The summed E-state index contributed by atoms with van der Waals surface area (Å²) in [4.78, 5) is 22.4. The summed E-state index contributed by atoms with van der Waals surface area (Å²) in [6, 6.07) is 17.1. The Morgan fingerprint density at radius 1 is 1.11 bits per heavy atom. The molecule has 5 rings (SSSR count). The average Bonchev–Trinajstić information content (AvgIpc) is 3.23. The second kappa shape index (κ2) is 11.6. The third kappa shape index (κ3) is 5.96. The number of pyridine rings is 1. The summed E-state index contributed by atoms with van der Waals surface area (Å²) in [5.41, 5.74) is 3.90. The number of amides is 2. The van der Waals surface area contributed by atoms with Crippen molar-refractivity contribution < 1.29 is 9.00 Å². The van der Waals surface area contributed by atoms with Crippen LogP contribution in [0.3, 0.4) is 0 Å². The predicted molar refractivity (Wildman–Crippen MR) is 155 cm³/mol. The van der Waals surface area contributed by atoms with Crippen LogP contribution in [0.1, 0.15) is 29.5 Å². The van der Waals surface area contributed by atoms with Crippen LogP contribution in [0.4, 0.5) is 10.5 Å². The summed E-state index contributed by atoms with van der Waals surface area (Å²) in [7, 11) is -1.09. The number of fused-ring (bicyclic) bond motifs is 2. The van der Waals surface area contributed by atoms with Gasteiger partial charge in [0.15, 0.2) is 0 Å². The van der Waals surface area contributed by atoms with E-state index in [0.29, 0.717) is 18.2 Å². The highest BCUT2D eigenvalue weighted by molar-refractivity contribution is 7.84. The van der Waals surface area contributed by atoms with Gasteiger partial charge in [0.1, 0.15) is 5.15 Å². The maximum absolute atomic E-state index is 13.4. The highest BCUT2D eigenvalue weighted by Gasteiger charge is 2.46. The molecule has 1 spiro atoms. The van der Waals surface area contributed by atoms with E-state index in [1.54, 1.807) is 18.5 Å². The SMILES string of the molecule is CS(=O)c1ccc2c(c1)C1(CCN(C/C=C/c3ccc(Cl)cc3)CC1)CN2C(=O)NCc1ccnc(Cl)c1. The van der Waals surface area contributed by atoms with E-state index in [2.05, 4.69) is 33.4 Å². The third-order valence-corrected chi connectivity index (χ3v) is 8.84. The number of urea groups is 1. The largest absolute Gasteiger partial charge is 0.334 e. The molecule has 38 heavy (non-hydrogen) atoms. The van der Waals surface area contributed by atoms with Gasteiger partial charge >= 0.3 is 6.03 Å². The molecule has 9 heteroatoms. The van der Waals surface area contributed by atoms with Crippen LogP contribution >= 0.6 is 23.2 Å². The zero-order valence-corrected chi connectivity index (χ0v) is 23.5. The second-order valence-corrected chi connectivity index (χ2v) is 12.1. The molecule has 1 atom stereocenters. The molecule has 1 fully saturated rings. The lowest BCUT2D eigenvalue weighted by molar-refractivity contribution is 0.180. The number of carbonyl (C=O) groups is 1. The molecule has 0 aliphatic carbocycles. The minimum absolute atomic E-state index is 0.144. The molecule has 0 bridgehead atoms. The number of carbonyl (C=O) groups excluding carboxylic acids is 1. The van der Waals surface area contributed by atoms with E-state index in [-0.39, 0.29) is 11.4 Å². The highest BCUT2D eigenvalue weighted by Crippen LogP contribution is 2.47. The first-order valence-corrected chi connectivity index (χ1v) is 14.9. The number of anilines is 1. The van der Waals surface area contributed by atoms with Crippen LogP contribution in [0.15, 0.2) is 71.8 Å². The first-order valence-electron chi connectivity index (χ1n) is 12.6. The third-order valence-electron chi connectivity index (χ3n) is 7.46. The highest BCUT2D eigenvalue weighted by atomic mass is 35.5. The predicted octanol–water partition coefficient (Wildman–Crippen LogP) is 5.90. The van der Waals surface area contributed by atoms with E-state index in [1.165, 1.54) is 0 Å². The number of rotatable bonds is 6. The maximum Gasteiger partial charge on any atom is 0.322 e. The lowest BCUT2D eigenvalue weighted by Gasteiger charge is -2.39. The monoisotopic (exact) mass is 568 g/mol. The van der Waals surface area contributed by atoms with E-state index in [1.807, 2.05) is 47.4 Å². The Kier molecular flexibility index (Phi) is 8.19. The molecule has 0 radical (unpaired) electrons. The average molecular weight is 570 g/mol. The van der Waals surface area contributed by atoms with Crippen molar-refractivity contribution in [1.29, 1.82) is 0 Å². The van der Waals surface area contributed by atoms with Crippen molar-refractivity contribution in [3.05, 3.63) is 93.7 Å². The van der Waals surface area contributed by atoms with Gasteiger partial charge < -0.3 is 5.32 Å². The van der Waals surface area contributed by atoms with Crippen molar-refractivity contribution >= 4 is 51.8 Å². The Bertz CT molecular complexity index is 1370. The molecule has 2 aliphatic rings. The smallest absolute Gasteiger partial charge is 0.322 e. The van der Waals surface area contributed by atoms with Crippen LogP contribution in [-0.4, -0.2) is 52.6 Å². The van der Waals surface area contributed by atoms with Gasteiger partial charge in [-0.1, -0.05) is 47.5 Å². The van der Waals surface area contributed by atoms with Gasteiger partial charge in [0.25, 0.3) is 0 Å². The van der Waals surface area contributed by atoms with Crippen molar-refractivity contribution in [3.63, 3.8) is 0 Å². The van der Waals surface area contributed by atoms with Crippen LogP contribution in [0.25, 0.3) is 6.08 Å². The molecule has 2 amide bonds. The second-order valence-electron chi connectivity index (χ2n) is 9.90. The summed E-state index contributed by atoms with van der Waals surface area (Å²) < 4.78 is 12.3. The lowest BCUT2D eigenvalue weighted by atomic mass is 9.74. The van der Waals surface area contributed by atoms with Gasteiger partial charge in [-0.25, -0.2) is 9.78 Å². The summed E-state index contributed by atoms with van der Waals surface area (Å²) in [6.45, 7) is 3.69. The minimum atomic E-state index is -1.09. The number of piperidine rings is 1. The van der Waals surface area contributed by atoms with Crippen molar-refractivity contribution in [2.75, 3.05) is 37.3 Å². The van der Waals surface area contributed by atoms with Gasteiger partial charge in [-0.3, -0.25) is 14.0 Å². The van der Waals surface area contributed by atoms with Crippen LogP contribution in [0.5, 0.6) is 0 Å². The van der Waals surface area contributed by atoms with Crippen molar-refractivity contribution in [3.8, 4) is 0 Å². The molecule has 0 saturated carbocycles. The number of halogens is 2. The van der Waals surface area contributed by atoms with Crippen LogP contribution in [0.2, 0.25) is 10.2 Å². The molecule has 198 valence electrons. The zero-order chi connectivity index (χ0) is 26.7. The normalized spacial score (nSPS) is 17.6. The van der Waals surface area contributed by atoms with E-state index in [9.17, 15) is 9.00 Å². The number of aromatic nitrogens is 1. The number of likely N-dealkylation sites (tertiary alicyclic amines) is 1. The fraction of sp³-hybridized carbons (Fsp3) is 0.310. The molecule has 1 saturated heterocycles. The van der Waals surface area contributed by atoms with Crippen LogP contribution < -0.4 is 10.2 Å². The van der Waals surface area contributed by atoms with E-state index < -0.39 is 10.8 Å². The number of benzene rings is 2. The molecule has 2 aliphatic heterocycles. The van der Waals surface area contributed by atoms with E-state index in [4.69, 9.17) is 23.2 Å². The van der Waals surface area contributed by atoms with Crippen molar-refractivity contribution in [2.45, 2.75) is 29.7 Å². The first-order chi connectivity index (χ1) is 18.3. The molecule has 1 aromatic heterocycles. The topological polar surface area (TPSA) is 65.5 Å². The molecule has 1 N–H and O–H groups in total. The van der Waals surface area contributed by atoms with E-state index >= 15 is 0 Å². The van der Waals surface area contributed by atoms with E-state index in [0.717, 1.165) is 64.8 Å². The molecular weight excluding hydrogens is 539 g/mol. The zero-order valence-electron chi connectivity index (χ0n) is 21.2. The Labute approximate surface area is 236 Å². The number of hydrogen-bond donors (Lipinski definition) is 1. The Morgan fingerprint density at radius 2 is 1.87 bits per heavy atom. The Balaban J connectivity index is 1.29. The summed E-state index contributed by atoms with van der Waals surface area (Å²) in [6.07, 6.45) is 9.50. The lowest BCUT2D eigenvalue weighted by Crippen LogP contribution is -2.47.